The molecule has 1 saturated heterocycles. The predicted molar refractivity (Wildman–Crippen MR) is 119 cm³/mol. The number of nitrogens with one attached hydrogen (secondary N) is 3. The molecule has 1 amide bonds. The number of methoxy groups -OCH3 is 2. The molecule has 31 heavy (non-hydrogen) atoms. The quantitative estimate of drug-likeness (QED) is 0.422. The highest BCUT2D eigenvalue weighted by molar-refractivity contribution is 5.76. The van der Waals surface area contributed by atoms with Crippen LogP contribution in [0.2, 0.25) is 0 Å². The van der Waals surface area contributed by atoms with Crippen molar-refractivity contribution in [1.29, 1.82) is 0 Å². The maximum Gasteiger partial charge on any atom is 0.275 e. The van der Waals surface area contributed by atoms with Crippen LogP contribution in [0.15, 0.2) is 24.3 Å². The van der Waals surface area contributed by atoms with Crippen molar-refractivity contribution in [2.75, 3.05) is 53.5 Å². The van der Waals surface area contributed by atoms with Crippen molar-refractivity contribution in [3.63, 3.8) is 0 Å². The Morgan fingerprint density at radius 3 is 2.42 bits per heavy atom. The highest BCUT2D eigenvalue weighted by Gasteiger charge is 2.25. The fourth-order valence-electron chi connectivity index (χ4n) is 4.24. The molecule has 0 bridgehead atoms. The third kappa shape index (κ3) is 6.70. The Kier molecular flexibility index (Phi) is 8.31. The van der Waals surface area contributed by atoms with E-state index in [1.165, 1.54) is 16.2 Å². The summed E-state index contributed by atoms with van der Waals surface area (Å²) in [6.07, 6.45) is 0.895. The molecule has 0 radical (unpaired) electrons. The average Bonchev–Trinajstić information content (AvgIpc) is 3.09. The van der Waals surface area contributed by atoms with Crippen molar-refractivity contribution in [3.05, 3.63) is 41.2 Å². The second-order valence-corrected chi connectivity index (χ2v) is 8.40. The first-order valence-corrected chi connectivity index (χ1v) is 11.1. The van der Waals surface area contributed by atoms with Crippen molar-refractivity contribution in [1.82, 2.24) is 15.1 Å². The van der Waals surface area contributed by atoms with Crippen LogP contribution in [0.4, 0.5) is 0 Å². The minimum atomic E-state index is 0.145. The van der Waals surface area contributed by atoms with Crippen LogP contribution in [0.5, 0.6) is 11.5 Å². The molecule has 3 N–H and O–H groups in total. The topological polar surface area (TPSA) is 74.3 Å². The number of hydrogen-bond acceptors (Lipinski definition) is 4. The summed E-state index contributed by atoms with van der Waals surface area (Å²) >= 11 is 0. The SMILES string of the molecule is COc1ccc(C[NH+]2CC[NH+](CC(=O)NCCCn3nc(C)cc3C)CC2)cc1OC. The Morgan fingerprint density at radius 2 is 1.77 bits per heavy atom. The monoisotopic (exact) mass is 431 g/mol. The standard InChI is InChI=1S/C23H35N5O3/c1-18-14-19(2)28(25-18)9-5-8-24-23(29)17-27-12-10-26(11-13-27)16-20-6-7-21(30-3)22(15-20)31-4/h6-7,14-15H,5,8-13,16-17H2,1-4H3,(H,24,29)/p+2. The van der Waals surface area contributed by atoms with E-state index in [0.717, 1.165) is 62.9 Å². The predicted octanol–water partition coefficient (Wildman–Crippen LogP) is -0.993. The molecule has 2 heterocycles. The Hall–Kier alpha value is -2.58. The number of aryl methyl sites for hydroxylation is 3. The zero-order valence-corrected chi connectivity index (χ0v) is 19.3. The summed E-state index contributed by atoms with van der Waals surface area (Å²) in [4.78, 5) is 15.2. The summed E-state index contributed by atoms with van der Waals surface area (Å²) in [7, 11) is 3.32. The molecular weight excluding hydrogens is 394 g/mol. The van der Waals surface area contributed by atoms with Gasteiger partial charge in [0.15, 0.2) is 18.0 Å². The van der Waals surface area contributed by atoms with Gasteiger partial charge in [-0.2, -0.15) is 5.10 Å². The summed E-state index contributed by atoms with van der Waals surface area (Å²) in [5, 5.41) is 7.53. The first kappa shape index (κ1) is 23.1. The fraction of sp³-hybridized carbons (Fsp3) is 0.565. The second kappa shape index (κ2) is 11.2. The van der Waals surface area contributed by atoms with E-state index in [1.54, 1.807) is 19.1 Å². The maximum absolute atomic E-state index is 12.3. The maximum atomic E-state index is 12.3. The van der Waals surface area contributed by atoms with Crippen molar-refractivity contribution < 1.29 is 24.1 Å². The molecule has 0 atom stereocenters. The van der Waals surface area contributed by atoms with Crippen LogP contribution in [-0.2, 0) is 17.9 Å². The van der Waals surface area contributed by atoms with Gasteiger partial charge in [0.1, 0.15) is 32.7 Å². The van der Waals surface area contributed by atoms with E-state index in [1.807, 2.05) is 17.7 Å². The lowest BCUT2D eigenvalue weighted by Gasteiger charge is -2.29. The summed E-state index contributed by atoms with van der Waals surface area (Å²) in [6, 6.07) is 8.21. The van der Waals surface area contributed by atoms with Gasteiger partial charge in [-0.25, -0.2) is 0 Å². The number of benzene rings is 1. The molecule has 1 aromatic heterocycles. The van der Waals surface area contributed by atoms with E-state index in [4.69, 9.17) is 9.47 Å². The molecule has 0 spiro atoms. The van der Waals surface area contributed by atoms with Gasteiger partial charge in [0, 0.05) is 24.3 Å². The zero-order chi connectivity index (χ0) is 22.2. The van der Waals surface area contributed by atoms with Crippen LogP contribution >= 0.6 is 0 Å². The fourth-order valence-corrected chi connectivity index (χ4v) is 4.24. The third-order valence-electron chi connectivity index (χ3n) is 5.95. The number of aromatic nitrogens is 2. The molecular formula is C23H37N5O3+2. The van der Waals surface area contributed by atoms with E-state index in [2.05, 4.69) is 35.5 Å². The third-order valence-corrected chi connectivity index (χ3v) is 5.95. The van der Waals surface area contributed by atoms with Gasteiger partial charge in [-0.05, 0) is 44.5 Å². The lowest BCUT2D eigenvalue weighted by Crippen LogP contribution is -3.28. The molecule has 1 fully saturated rings. The zero-order valence-electron chi connectivity index (χ0n) is 19.3. The van der Waals surface area contributed by atoms with Gasteiger partial charge in [-0.15, -0.1) is 0 Å². The van der Waals surface area contributed by atoms with Gasteiger partial charge in [-0.1, -0.05) is 0 Å². The van der Waals surface area contributed by atoms with Crippen LogP contribution in [0.25, 0.3) is 0 Å². The number of amides is 1. The first-order chi connectivity index (χ1) is 15.0. The summed E-state index contributed by atoms with van der Waals surface area (Å²) in [5.74, 6) is 1.68. The number of ether oxygens (including phenoxy) is 2. The van der Waals surface area contributed by atoms with Crippen LogP contribution in [-0.4, -0.2) is 69.2 Å². The van der Waals surface area contributed by atoms with Gasteiger partial charge < -0.3 is 24.6 Å². The molecule has 1 aliphatic heterocycles. The highest BCUT2D eigenvalue weighted by atomic mass is 16.5. The Balaban J connectivity index is 1.34. The van der Waals surface area contributed by atoms with E-state index in [9.17, 15) is 4.79 Å². The van der Waals surface area contributed by atoms with E-state index in [0.29, 0.717) is 13.1 Å². The van der Waals surface area contributed by atoms with Crippen molar-refractivity contribution in [2.45, 2.75) is 33.4 Å². The molecule has 170 valence electrons. The molecule has 0 unspecified atom stereocenters. The summed E-state index contributed by atoms with van der Waals surface area (Å²) in [6.45, 7) is 11.3. The van der Waals surface area contributed by atoms with Gasteiger partial charge in [0.25, 0.3) is 5.91 Å². The van der Waals surface area contributed by atoms with E-state index in [-0.39, 0.29) is 5.91 Å². The van der Waals surface area contributed by atoms with E-state index >= 15 is 0 Å². The largest absolute Gasteiger partial charge is 0.493 e. The second-order valence-electron chi connectivity index (χ2n) is 8.40. The Morgan fingerprint density at radius 1 is 1.06 bits per heavy atom. The molecule has 8 heteroatoms. The summed E-state index contributed by atoms with van der Waals surface area (Å²) < 4.78 is 12.7. The number of piperazine rings is 1. The Bertz CT molecular complexity index is 859. The first-order valence-electron chi connectivity index (χ1n) is 11.1. The smallest absolute Gasteiger partial charge is 0.275 e. The Labute approximate surface area is 185 Å². The minimum absolute atomic E-state index is 0.145. The normalized spacial score (nSPS) is 18.6. The molecule has 1 aliphatic rings. The van der Waals surface area contributed by atoms with Gasteiger partial charge in [0.2, 0.25) is 0 Å². The lowest BCUT2D eigenvalue weighted by atomic mass is 10.1. The molecule has 0 saturated carbocycles. The van der Waals surface area contributed by atoms with Crippen LogP contribution in [0, 0.1) is 13.8 Å². The number of nitrogens with zero attached hydrogens (tertiary/aromatic N) is 2. The van der Waals surface area contributed by atoms with Crippen molar-refractivity contribution in [2.24, 2.45) is 0 Å². The number of rotatable bonds is 10. The molecule has 2 aromatic rings. The highest BCUT2D eigenvalue weighted by Crippen LogP contribution is 2.27. The van der Waals surface area contributed by atoms with Gasteiger partial charge in [-0.3, -0.25) is 9.48 Å². The molecule has 1 aromatic carbocycles. The van der Waals surface area contributed by atoms with Crippen LogP contribution in [0.3, 0.4) is 0 Å². The van der Waals surface area contributed by atoms with Crippen molar-refractivity contribution in [3.8, 4) is 11.5 Å². The van der Waals surface area contributed by atoms with Crippen molar-refractivity contribution >= 4 is 5.91 Å². The lowest BCUT2D eigenvalue weighted by molar-refractivity contribution is -1.02. The number of carbonyl (C=O) groups is 1. The molecule has 3 rings (SSSR count). The summed E-state index contributed by atoms with van der Waals surface area (Å²) in [5.41, 5.74) is 3.45. The number of carbonyl (C=O) groups excluding carboxylic acids is 1. The number of quaternary nitrogens is 2. The van der Waals surface area contributed by atoms with E-state index < -0.39 is 0 Å². The van der Waals surface area contributed by atoms with Crippen LogP contribution in [0.1, 0.15) is 23.4 Å². The van der Waals surface area contributed by atoms with Gasteiger partial charge >= 0.3 is 0 Å². The average molecular weight is 432 g/mol. The van der Waals surface area contributed by atoms with Gasteiger partial charge in [0.05, 0.1) is 19.9 Å². The minimum Gasteiger partial charge on any atom is -0.493 e. The molecule has 0 aliphatic carbocycles. The number of hydrogen-bond donors (Lipinski definition) is 3. The molecule has 8 nitrogen and oxygen atoms in total. The van der Waals surface area contributed by atoms with Crippen LogP contribution < -0.4 is 24.6 Å².